The third-order valence-electron chi connectivity index (χ3n) is 5.19. The molecule has 1 aliphatic heterocycles. The molecule has 1 saturated carbocycles. The molecule has 0 radical (unpaired) electrons. The lowest BCUT2D eigenvalue weighted by molar-refractivity contribution is -0.142. The first-order chi connectivity index (χ1) is 9.50. The van der Waals surface area contributed by atoms with E-state index in [1.165, 1.54) is 19.3 Å². The molecule has 1 saturated heterocycles. The summed E-state index contributed by atoms with van der Waals surface area (Å²) in [5.74, 6) is 1.86. The summed E-state index contributed by atoms with van der Waals surface area (Å²) < 4.78 is 0. The predicted molar refractivity (Wildman–Crippen MR) is 83.5 cm³/mol. The molecular formula is C17H32N2O. The number of rotatable bonds is 3. The number of hydrogen-bond acceptors (Lipinski definition) is 2. The lowest BCUT2D eigenvalue weighted by atomic mass is 9.86. The molecule has 2 rings (SSSR count). The zero-order valence-corrected chi connectivity index (χ0v) is 13.7. The summed E-state index contributed by atoms with van der Waals surface area (Å²) in [6.07, 6.45) is 6.01. The van der Waals surface area contributed by atoms with Crippen LogP contribution < -0.4 is 5.32 Å². The van der Waals surface area contributed by atoms with Crippen LogP contribution in [-0.2, 0) is 4.79 Å². The van der Waals surface area contributed by atoms with Gasteiger partial charge in [0.05, 0.1) is 0 Å². The van der Waals surface area contributed by atoms with E-state index in [0.717, 1.165) is 25.9 Å². The Morgan fingerprint density at radius 1 is 1.05 bits per heavy atom. The van der Waals surface area contributed by atoms with Crippen molar-refractivity contribution in [2.24, 2.45) is 17.8 Å². The molecule has 1 amide bonds. The number of carbonyl (C=O) groups excluding carboxylic acids is 1. The summed E-state index contributed by atoms with van der Waals surface area (Å²) >= 11 is 0. The third kappa shape index (κ3) is 3.55. The highest BCUT2D eigenvalue weighted by Crippen LogP contribution is 2.28. The van der Waals surface area contributed by atoms with Gasteiger partial charge in [-0.25, -0.2) is 0 Å². The second-order valence-electron chi connectivity index (χ2n) is 7.40. The van der Waals surface area contributed by atoms with Gasteiger partial charge in [-0.05, 0) is 24.7 Å². The van der Waals surface area contributed by atoms with Gasteiger partial charge in [0.2, 0.25) is 5.91 Å². The van der Waals surface area contributed by atoms with Crippen LogP contribution in [0.2, 0.25) is 0 Å². The van der Waals surface area contributed by atoms with Gasteiger partial charge >= 0.3 is 0 Å². The molecule has 1 heterocycles. The Hall–Kier alpha value is -0.570. The summed E-state index contributed by atoms with van der Waals surface area (Å²) in [7, 11) is 0. The first-order valence-electron chi connectivity index (χ1n) is 8.54. The standard InChI is InChI=1S/C17H32N2O/c1-12(2)15-11-19(16(10-18-15)13(3)4)17(20)14-8-6-5-7-9-14/h12-16,18H,5-11H2,1-4H3. The fourth-order valence-corrected chi connectivity index (χ4v) is 3.67. The SMILES string of the molecule is CC(C)C1CN(C(=O)C2CCCCC2)C(C(C)C)CN1. The number of nitrogens with one attached hydrogen (secondary N) is 1. The van der Waals surface area contributed by atoms with Gasteiger partial charge in [-0.3, -0.25) is 4.79 Å². The maximum Gasteiger partial charge on any atom is 0.226 e. The van der Waals surface area contributed by atoms with Gasteiger partial charge in [0.1, 0.15) is 0 Å². The average molecular weight is 280 g/mol. The van der Waals surface area contributed by atoms with Crippen LogP contribution in [0.15, 0.2) is 0 Å². The van der Waals surface area contributed by atoms with Crippen LogP contribution in [-0.4, -0.2) is 36.0 Å². The Kier molecular flexibility index (Phi) is 5.48. The van der Waals surface area contributed by atoms with Gasteiger partial charge in [0.15, 0.2) is 0 Å². The fraction of sp³-hybridized carbons (Fsp3) is 0.941. The van der Waals surface area contributed by atoms with Crippen molar-refractivity contribution in [2.45, 2.75) is 71.9 Å². The molecule has 0 aromatic heterocycles. The van der Waals surface area contributed by atoms with E-state index in [2.05, 4.69) is 37.9 Å². The van der Waals surface area contributed by atoms with Crippen molar-refractivity contribution in [3.63, 3.8) is 0 Å². The predicted octanol–water partition coefficient (Wildman–Crippen LogP) is 3.05. The van der Waals surface area contributed by atoms with Crippen molar-refractivity contribution in [3.05, 3.63) is 0 Å². The Labute approximate surface area is 124 Å². The highest BCUT2D eigenvalue weighted by molar-refractivity contribution is 5.79. The minimum Gasteiger partial charge on any atom is -0.336 e. The van der Waals surface area contributed by atoms with Crippen molar-refractivity contribution < 1.29 is 4.79 Å². The molecule has 3 nitrogen and oxygen atoms in total. The van der Waals surface area contributed by atoms with E-state index in [9.17, 15) is 4.79 Å². The van der Waals surface area contributed by atoms with E-state index in [0.29, 0.717) is 35.7 Å². The minimum absolute atomic E-state index is 0.302. The molecule has 0 bridgehead atoms. The van der Waals surface area contributed by atoms with Crippen molar-refractivity contribution in [2.75, 3.05) is 13.1 Å². The first-order valence-corrected chi connectivity index (χ1v) is 8.54. The molecule has 3 heteroatoms. The molecule has 0 aromatic carbocycles. The summed E-state index contributed by atoms with van der Waals surface area (Å²) in [4.78, 5) is 15.2. The zero-order chi connectivity index (χ0) is 14.7. The van der Waals surface area contributed by atoms with E-state index in [1.807, 2.05) is 0 Å². The summed E-state index contributed by atoms with van der Waals surface area (Å²) in [6, 6.07) is 0.831. The molecular weight excluding hydrogens is 248 g/mol. The lowest BCUT2D eigenvalue weighted by Crippen LogP contribution is -2.62. The molecule has 0 aromatic rings. The molecule has 0 spiro atoms. The number of nitrogens with zero attached hydrogens (tertiary/aromatic N) is 1. The van der Waals surface area contributed by atoms with Gasteiger partial charge in [-0.2, -0.15) is 0 Å². The first kappa shape index (κ1) is 15.8. The van der Waals surface area contributed by atoms with Crippen LogP contribution in [0.1, 0.15) is 59.8 Å². The monoisotopic (exact) mass is 280 g/mol. The highest BCUT2D eigenvalue weighted by atomic mass is 16.2. The number of carbonyl (C=O) groups is 1. The average Bonchev–Trinajstić information content (AvgIpc) is 2.46. The zero-order valence-electron chi connectivity index (χ0n) is 13.7. The molecule has 2 fully saturated rings. The van der Waals surface area contributed by atoms with Gasteiger partial charge in [0, 0.05) is 31.1 Å². The topological polar surface area (TPSA) is 32.3 Å². The fourth-order valence-electron chi connectivity index (χ4n) is 3.67. The van der Waals surface area contributed by atoms with E-state index >= 15 is 0 Å². The van der Waals surface area contributed by atoms with Crippen LogP contribution >= 0.6 is 0 Å². The Morgan fingerprint density at radius 2 is 1.70 bits per heavy atom. The minimum atomic E-state index is 0.302. The van der Waals surface area contributed by atoms with E-state index in [4.69, 9.17) is 0 Å². The second-order valence-corrected chi connectivity index (χ2v) is 7.40. The van der Waals surface area contributed by atoms with Gasteiger partial charge in [-0.1, -0.05) is 47.0 Å². The summed E-state index contributed by atoms with van der Waals surface area (Å²) in [6.45, 7) is 10.8. The molecule has 2 aliphatic rings. The Balaban J connectivity index is 2.07. The van der Waals surface area contributed by atoms with Crippen molar-refractivity contribution in [1.29, 1.82) is 0 Å². The smallest absolute Gasteiger partial charge is 0.226 e. The van der Waals surface area contributed by atoms with E-state index in [1.54, 1.807) is 0 Å². The van der Waals surface area contributed by atoms with Crippen molar-refractivity contribution >= 4 is 5.91 Å². The van der Waals surface area contributed by atoms with Crippen LogP contribution in [0.5, 0.6) is 0 Å². The number of amides is 1. The quantitative estimate of drug-likeness (QED) is 0.862. The van der Waals surface area contributed by atoms with Crippen molar-refractivity contribution in [1.82, 2.24) is 10.2 Å². The summed E-state index contributed by atoms with van der Waals surface area (Å²) in [5, 5.41) is 3.64. The van der Waals surface area contributed by atoms with Gasteiger partial charge in [-0.15, -0.1) is 0 Å². The molecule has 116 valence electrons. The molecule has 20 heavy (non-hydrogen) atoms. The maximum absolute atomic E-state index is 12.9. The molecule has 2 atom stereocenters. The highest BCUT2D eigenvalue weighted by Gasteiger charge is 2.36. The van der Waals surface area contributed by atoms with Crippen LogP contribution in [0.25, 0.3) is 0 Å². The Bertz CT molecular complexity index is 321. The molecule has 1 N–H and O–H groups in total. The third-order valence-corrected chi connectivity index (χ3v) is 5.19. The molecule has 2 unspecified atom stereocenters. The van der Waals surface area contributed by atoms with E-state index in [-0.39, 0.29) is 0 Å². The maximum atomic E-state index is 12.9. The largest absolute Gasteiger partial charge is 0.336 e. The second kappa shape index (κ2) is 6.93. The van der Waals surface area contributed by atoms with Gasteiger partial charge < -0.3 is 10.2 Å². The number of piperazine rings is 1. The van der Waals surface area contributed by atoms with Crippen LogP contribution in [0.3, 0.4) is 0 Å². The van der Waals surface area contributed by atoms with Gasteiger partial charge in [0.25, 0.3) is 0 Å². The van der Waals surface area contributed by atoms with Crippen LogP contribution in [0, 0.1) is 17.8 Å². The van der Waals surface area contributed by atoms with E-state index < -0.39 is 0 Å². The number of hydrogen-bond donors (Lipinski definition) is 1. The normalized spacial score (nSPS) is 29.2. The van der Waals surface area contributed by atoms with Crippen LogP contribution in [0.4, 0.5) is 0 Å². The Morgan fingerprint density at radius 3 is 2.25 bits per heavy atom. The lowest BCUT2D eigenvalue weighted by Gasteiger charge is -2.45. The van der Waals surface area contributed by atoms with Crippen molar-refractivity contribution in [3.8, 4) is 0 Å². The molecule has 1 aliphatic carbocycles. The summed E-state index contributed by atoms with van der Waals surface area (Å²) in [5.41, 5.74) is 0.